The summed E-state index contributed by atoms with van der Waals surface area (Å²) in [6.45, 7) is 0. The van der Waals surface area contributed by atoms with E-state index in [1.807, 2.05) is 73.6 Å². The van der Waals surface area contributed by atoms with Crippen LogP contribution < -0.4 is 4.90 Å². The lowest BCUT2D eigenvalue weighted by atomic mass is 10.00. The number of carbonyl (C=O) groups is 1. The zero-order valence-corrected chi connectivity index (χ0v) is 17.6. The van der Waals surface area contributed by atoms with Gasteiger partial charge in [0.15, 0.2) is 5.88 Å². The van der Waals surface area contributed by atoms with Crippen molar-refractivity contribution < 1.29 is 14.6 Å². The van der Waals surface area contributed by atoms with E-state index in [-0.39, 0.29) is 5.88 Å². The van der Waals surface area contributed by atoms with Crippen molar-refractivity contribution in [2.24, 2.45) is 4.99 Å². The molecule has 0 spiro atoms. The van der Waals surface area contributed by atoms with E-state index >= 15 is 0 Å². The zero-order chi connectivity index (χ0) is 22.0. The van der Waals surface area contributed by atoms with E-state index in [0.717, 1.165) is 22.3 Å². The summed E-state index contributed by atoms with van der Waals surface area (Å²) in [5.41, 5.74) is 4.95. The van der Waals surface area contributed by atoms with Crippen LogP contribution in [0.3, 0.4) is 0 Å². The number of nitrogens with zero attached hydrogens (tertiary/aromatic N) is 2. The fourth-order valence-electron chi connectivity index (χ4n) is 3.48. The summed E-state index contributed by atoms with van der Waals surface area (Å²) >= 11 is 0. The standard InChI is InChI=1S/C25H23N3O3/c1-28(2)19-12-10-18(11-13-19)26-23(16-7-5-4-6-8-16)22-20-14-9-17(25(30)31-3)15-21(20)27-24(22)29/h4-15,27,29H,1-3H3. The van der Waals surface area contributed by atoms with Crippen molar-refractivity contribution in [2.45, 2.75) is 0 Å². The van der Waals surface area contributed by atoms with Gasteiger partial charge in [-0.2, -0.15) is 0 Å². The Morgan fingerprint density at radius 1 is 0.968 bits per heavy atom. The topological polar surface area (TPSA) is 77.9 Å². The lowest BCUT2D eigenvalue weighted by molar-refractivity contribution is 0.0601. The monoisotopic (exact) mass is 413 g/mol. The van der Waals surface area contributed by atoms with Crippen LogP contribution in [0.4, 0.5) is 11.4 Å². The second-order valence-corrected chi connectivity index (χ2v) is 7.34. The minimum atomic E-state index is -0.435. The van der Waals surface area contributed by atoms with E-state index < -0.39 is 5.97 Å². The predicted molar refractivity (Wildman–Crippen MR) is 124 cm³/mol. The molecule has 0 atom stereocenters. The minimum Gasteiger partial charge on any atom is -0.494 e. The van der Waals surface area contributed by atoms with Crippen molar-refractivity contribution in [1.82, 2.24) is 4.98 Å². The molecule has 31 heavy (non-hydrogen) atoms. The maximum atomic E-state index is 11.9. The van der Waals surface area contributed by atoms with Crippen molar-refractivity contribution in [3.63, 3.8) is 0 Å². The molecule has 0 fully saturated rings. The Kier molecular flexibility index (Phi) is 5.45. The Balaban J connectivity index is 1.89. The third-order valence-corrected chi connectivity index (χ3v) is 5.09. The highest BCUT2D eigenvalue weighted by atomic mass is 16.5. The average molecular weight is 413 g/mol. The SMILES string of the molecule is COC(=O)c1ccc2c(C(=Nc3ccc(N(C)C)cc3)c3ccccc3)c(O)[nH]c2c1. The molecular weight excluding hydrogens is 390 g/mol. The number of ether oxygens (including phenoxy) is 1. The second-order valence-electron chi connectivity index (χ2n) is 7.34. The third kappa shape index (κ3) is 4.00. The smallest absolute Gasteiger partial charge is 0.337 e. The van der Waals surface area contributed by atoms with Gasteiger partial charge in [0.1, 0.15) is 0 Å². The van der Waals surface area contributed by atoms with Gasteiger partial charge in [0, 0.05) is 36.2 Å². The number of fused-ring (bicyclic) bond motifs is 1. The number of esters is 1. The highest BCUT2D eigenvalue weighted by Gasteiger charge is 2.20. The lowest BCUT2D eigenvalue weighted by Gasteiger charge is -2.12. The number of anilines is 1. The number of H-pyrrole nitrogens is 1. The normalized spacial score (nSPS) is 11.5. The number of aromatic nitrogens is 1. The number of nitrogens with one attached hydrogen (secondary N) is 1. The van der Waals surface area contributed by atoms with Crippen molar-refractivity contribution in [2.75, 3.05) is 26.1 Å². The molecule has 0 radical (unpaired) electrons. The van der Waals surface area contributed by atoms with Crippen LogP contribution in [0.15, 0.2) is 77.8 Å². The third-order valence-electron chi connectivity index (χ3n) is 5.09. The molecule has 0 aliphatic heterocycles. The van der Waals surface area contributed by atoms with Crippen LogP contribution in [0.2, 0.25) is 0 Å². The maximum Gasteiger partial charge on any atom is 0.337 e. The molecule has 6 nitrogen and oxygen atoms in total. The molecule has 4 aromatic rings. The number of methoxy groups -OCH3 is 1. The molecule has 0 unspecified atom stereocenters. The number of hydrogen-bond donors (Lipinski definition) is 2. The summed E-state index contributed by atoms with van der Waals surface area (Å²) in [7, 11) is 5.31. The van der Waals surface area contributed by atoms with Gasteiger partial charge in [-0.05, 0) is 36.4 Å². The molecule has 0 aliphatic rings. The molecule has 6 heteroatoms. The molecule has 4 rings (SSSR count). The van der Waals surface area contributed by atoms with Crippen LogP contribution >= 0.6 is 0 Å². The second kappa shape index (κ2) is 8.36. The van der Waals surface area contributed by atoms with E-state index in [1.54, 1.807) is 18.2 Å². The molecule has 0 bridgehead atoms. The Bertz CT molecular complexity index is 1260. The van der Waals surface area contributed by atoms with Crippen molar-refractivity contribution >= 4 is 34.0 Å². The van der Waals surface area contributed by atoms with Gasteiger partial charge in [-0.1, -0.05) is 36.4 Å². The summed E-state index contributed by atoms with van der Waals surface area (Å²) in [6.07, 6.45) is 0. The van der Waals surface area contributed by atoms with Crippen molar-refractivity contribution in [3.8, 4) is 5.88 Å². The number of rotatable bonds is 5. The fraction of sp³-hybridized carbons (Fsp3) is 0.120. The van der Waals surface area contributed by atoms with E-state index in [4.69, 9.17) is 9.73 Å². The quantitative estimate of drug-likeness (QED) is 0.361. The summed E-state index contributed by atoms with van der Waals surface area (Å²) in [6, 6.07) is 22.7. The highest BCUT2D eigenvalue weighted by molar-refractivity contribution is 6.22. The molecule has 0 amide bonds. The number of aromatic hydroxyl groups is 1. The fourth-order valence-corrected chi connectivity index (χ4v) is 3.48. The molecule has 0 aliphatic carbocycles. The first-order valence-electron chi connectivity index (χ1n) is 9.83. The highest BCUT2D eigenvalue weighted by Crippen LogP contribution is 2.32. The molecule has 1 aromatic heterocycles. The van der Waals surface area contributed by atoms with Gasteiger partial charge in [0.2, 0.25) is 0 Å². The number of aliphatic imine (C=N–C) groups is 1. The Hall–Kier alpha value is -4.06. The van der Waals surface area contributed by atoms with E-state index in [0.29, 0.717) is 22.4 Å². The number of carbonyl (C=O) groups excluding carboxylic acids is 1. The van der Waals surface area contributed by atoms with Crippen molar-refractivity contribution in [1.29, 1.82) is 0 Å². The Morgan fingerprint density at radius 3 is 2.32 bits per heavy atom. The summed E-state index contributed by atoms with van der Waals surface area (Å²) in [5.74, 6) is -0.444. The lowest BCUT2D eigenvalue weighted by Crippen LogP contribution is -2.07. The van der Waals surface area contributed by atoms with Crippen LogP contribution in [0.5, 0.6) is 5.88 Å². The Labute approximate surface area is 180 Å². The van der Waals surface area contributed by atoms with Gasteiger partial charge in [-0.15, -0.1) is 0 Å². The van der Waals surface area contributed by atoms with Crippen LogP contribution in [-0.2, 0) is 4.74 Å². The summed E-state index contributed by atoms with van der Waals surface area (Å²) < 4.78 is 4.80. The largest absolute Gasteiger partial charge is 0.494 e. The van der Waals surface area contributed by atoms with Crippen LogP contribution in [-0.4, -0.2) is 43.0 Å². The van der Waals surface area contributed by atoms with Gasteiger partial charge < -0.3 is 19.7 Å². The summed E-state index contributed by atoms with van der Waals surface area (Å²) in [4.78, 5) is 21.8. The molecule has 0 saturated heterocycles. The molecule has 1 heterocycles. The van der Waals surface area contributed by atoms with Crippen LogP contribution in [0.1, 0.15) is 21.5 Å². The first kappa shape index (κ1) is 20.2. The van der Waals surface area contributed by atoms with Crippen molar-refractivity contribution in [3.05, 3.63) is 89.5 Å². The first-order chi connectivity index (χ1) is 15.0. The van der Waals surface area contributed by atoms with E-state index in [1.165, 1.54) is 7.11 Å². The average Bonchev–Trinajstić information content (AvgIpc) is 3.12. The van der Waals surface area contributed by atoms with E-state index in [9.17, 15) is 9.90 Å². The van der Waals surface area contributed by atoms with Gasteiger partial charge >= 0.3 is 5.97 Å². The minimum absolute atomic E-state index is 0.00969. The number of hydrogen-bond acceptors (Lipinski definition) is 5. The van der Waals surface area contributed by atoms with Gasteiger partial charge in [-0.3, -0.25) is 0 Å². The molecule has 0 saturated carbocycles. The number of benzene rings is 3. The Morgan fingerprint density at radius 2 is 1.68 bits per heavy atom. The summed E-state index contributed by atoms with van der Waals surface area (Å²) in [5, 5.41) is 11.6. The molecule has 2 N–H and O–H groups in total. The maximum absolute atomic E-state index is 11.9. The molecule has 156 valence electrons. The van der Waals surface area contributed by atoms with Crippen LogP contribution in [0, 0.1) is 0 Å². The molecule has 3 aromatic carbocycles. The van der Waals surface area contributed by atoms with Gasteiger partial charge in [0.05, 0.1) is 29.6 Å². The first-order valence-corrected chi connectivity index (χ1v) is 9.83. The number of aromatic amines is 1. The van der Waals surface area contributed by atoms with Crippen LogP contribution in [0.25, 0.3) is 10.9 Å². The van der Waals surface area contributed by atoms with E-state index in [2.05, 4.69) is 4.98 Å². The molecular formula is C25H23N3O3. The van der Waals surface area contributed by atoms with Gasteiger partial charge in [0.25, 0.3) is 0 Å². The zero-order valence-electron chi connectivity index (χ0n) is 17.6. The predicted octanol–water partition coefficient (Wildman–Crippen LogP) is 4.90. The van der Waals surface area contributed by atoms with Gasteiger partial charge in [-0.25, -0.2) is 9.79 Å².